The SMILES string of the molecule is CN(CCS(=O)(=O)OCC(F)(F)F)c1ccc(/C=C2/SC(=S)NC2=O)cc1. The Labute approximate surface area is 163 Å². The van der Waals surface area contributed by atoms with Crippen molar-refractivity contribution in [1.82, 2.24) is 5.32 Å². The lowest BCUT2D eigenvalue weighted by atomic mass is 10.2. The van der Waals surface area contributed by atoms with Gasteiger partial charge in [-0.3, -0.25) is 8.98 Å². The van der Waals surface area contributed by atoms with E-state index < -0.39 is 28.7 Å². The van der Waals surface area contributed by atoms with Crippen LogP contribution in [-0.2, 0) is 19.1 Å². The summed E-state index contributed by atoms with van der Waals surface area (Å²) < 4.78 is 63.5. The fourth-order valence-corrected chi connectivity index (χ4v) is 3.96. The number of thiocarbonyl (C=S) groups is 1. The molecule has 1 saturated heterocycles. The summed E-state index contributed by atoms with van der Waals surface area (Å²) in [5.41, 5.74) is 1.40. The number of thioether (sulfide) groups is 1. The van der Waals surface area contributed by atoms with Gasteiger partial charge < -0.3 is 10.2 Å². The Bertz CT molecular complexity index is 852. The third-order valence-corrected chi connectivity index (χ3v) is 5.67. The normalized spacial score (nSPS) is 16.7. The molecule has 1 amide bonds. The molecule has 12 heteroatoms. The van der Waals surface area contributed by atoms with E-state index in [4.69, 9.17) is 12.2 Å². The number of amides is 1. The molecule has 0 spiro atoms. The molecule has 148 valence electrons. The van der Waals surface area contributed by atoms with E-state index in [2.05, 4.69) is 9.50 Å². The van der Waals surface area contributed by atoms with Crippen LogP contribution < -0.4 is 10.2 Å². The van der Waals surface area contributed by atoms with E-state index in [1.165, 1.54) is 0 Å². The zero-order valence-electron chi connectivity index (χ0n) is 13.9. The van der Waals surface area contributed by atoms with Crippen LogP contribution in [0.2, 0.25) is 0 Å². The van der Waals surface area contributed by atoms with Gasteiger partial charge in [-0.05, 0) is 23.8 Å². The first-order valence-electron chi connectivity index (χ1n) is 7.45. The number of nitrogens with zero attached hydrogens (tertiary/aromatic N) is 1. The summed E-state index contributed by atoms with van der Waals surface area (Å²) in [6.07, 6.45) is -3.04. The summed E-state index contributed by atoms with van der Waals surface area (Å²) in [6.45, 7) is -1.88. The lowest BCUT2D eigenvalue weighted by Crippen LogP contribution is -2.28. The second kappa shape index (κ2) is 8.59. The average Bonchev–Trinajstić information content (AvgIpc) is 2.88. The smallest absolute Gasteiger partial charge is 0.373 e. The van der Waals surface area contributed by atoms with Gasteiger partial charge >= 0.3 is 6.18 Å². The van der Waals surface area contributed by atoms with Crippen molar-refractivity contribution in [3.05, 3.63) is 34.7 Å². The molecule has 27 heavy (non-hydrogen) atoms. The number of halogens is 3. The Balaban J connectivity index is 1.94. The predicted octanol–water partition coefficient (Wildman–Crippen LogP) is 2.52. The number of benzene rings is 1. The minimum Gasteiger partial charge on any atom is -0.373 e. The number of anilines is 1. The molecular weight excluding hydrogens is 425 g/mol. The second-order valence-corrected chi connectivity index (χ2v) is 8.98. The topological polar surface area (TPSA) is 75.7 Å². The average molecular weight is 440 g/mol. The van der Waals surface area contributed by atoms with Gasteiger partial charge in [-0.2, -0.15) is 21.6 Å². The first-order chi connectivity index (χ1) is 12.5. The Morgan fingerprint density at radius 2 is 1.93 bits per heavy atom. The summed E-state index contributed by atoms with van der Waals surface area (Å²) in [4.78, 5) is 13.7. The van der Waals surface area contributed by atoms with Crippen LogP contribution in [0.15, 0.2) is 29.2 Å². The van der Waals surface area contributed by atoms with Gasteiger partial charge in [0.15, 0.2) is 6.61 Å². The molecule has 1 aliphatic heterocycles. The molecule has 1 aliphatic rings. The molecule has 1 aromatic carbocycles. The predicted molar refractivity (Wildman–Crippen MR) is 102 cm³/mol. The van der Waals surface area contributed by atoms with Crippen LogP contribution in [0, 0.1) is 0 Å². The van der Waals surface area contributed by atoms with Gasteiger partial charge in [0.05, 0.1) is 10.7 Å². The molecule has 0 unspecified atom stereocenters. The van der Waals surface area contributed by atoms with Crippen molar-refractivity contribution < 1.29 is 30.6 Å². The first kappa shape index (κ1) is 21.7. The molecule has 1 heterocycles. The highest BCUT2D eigenvalue weighted by atomic mass is 32.2. The zero-order chi connectivity index (χ0) is 20.2. The van der Waals surface area contributed by atoms with Crippen molar-refractivity contribution in [1.29, 1.82) is 0 Å². The lowest BCUT2D eigenvalue weighted by molar-refractivity contribution is -0.152. The van der Waals surface area contributed by atoms with Crippen molar-refractivity contribution in [3.63, 3.8) is 0 Å². The maximum absolute atomic E-state index is 12.0. The van der Waals surface area contributed by atoms with Gasteiger partial charge in [-0.1, -0.05) is 36.1 Å². The molecule has 1 N–H and O–H groups in total. The van der Waals surface area contributed by atoms with E-state index in [9.17, 15) is 26.4 Å². The molecule has 6 nitrogen and oxygen atoms in total. The second-order valence-electron chi connectivity index (χ2n) is 5.50. The maximum atomic E-state index is 12.0. The Hall–Kier alpha value is -1.63. The molecule has 1 fully saturated rings. The van der Waals surface area contributed by atoms with Crippen LogP contribution in [-0.4, -0.2) is 50.8 Å². The number of hydrogen-bond acceptors (Lipinski definition) is 7. The molecule has 0 bridgehead atoms. The van der Waals surface area contributed by atoms with Crippen molar-refractivity contribution in [3.8, 4) is 0 Å². The molecule has 1 aromatic rings. The van der Waals surface area contributed by atoms with E-state index in [0.29, 0.717) is 14.9 Å². The Morgan fingerprint density at radius 3 is 2.44 bits per heavy atom. The zero-order valence-corrected chi connectivity index (χ0v) is 16.4. The van der Waals surface area contributed by atoms with E-state index in [1.807, 2.05) is 0 Å². The maximum Gasteiger partial charge on any atom is 0.413 e. The van der Waals surface area contributed by atoms with Gasteiger partial charge in [-0.15, -0.1) is 0 Å². The highest BCUT2D eigenvalue weighted by Crippen LogP contribution is 2.26. The van der Waals surface area contributed by atoms with Crippen molar-refractivity contribution in [2.75, 3.05) is 30.9 Å². The summed E-state index contributed by atoms with van der Waals surface area (Å²) in [6, 6.07) is 6.85. The first-order valence-corrected chi connectivity index (χ1v) is 10.3. The Morgan fingerprint density at radius 1 is 1.30 bits per heavy atom. The van der Waals surface area contributed by atoms with Crippen LogP contribution in [0.3, 0.4) is 0 Å². The highest BCUT2D eigenvalue weighted by molar-refractivity contribution is 8.26. The van der Waals surface area contributed by atoms with Crippen LogP contribution in [0.1, 0.15) is 5.56 Å². The van der Waals surface area contributed by atoms with Gasteiger partial charge in [0.2, 0.25) is 0 Å². The summed E-state index contributed by atoms with van der Waals surface area (Å²) in [5, 5.41) is 2.51. The quantitative estimate of drug-likeness (QED) is 0.397. The number of carbonyl (C=O) groups excluding carboxylic acids is 1. The molecular formula is C15H15F3N2O4S3. The molecule has 0 aliphatic carbocycles. The third kappa shape index (κ3) is 7.13. The fraction of sp³-hybridized carbons (Fsp3) is 0.333. The molecule has 0 radical (unpaired) electrons. The van der Waals surface area contributed by atoms with Crippen molar-refractivity contribution in [2.24, 2.45) is 0 Å². The van der Waals surface area contributed by atoms with Crippen LogP contribution in [0.25, 0.3) is 6.08 Å². The van der Waals surface area contributed by atoms with Gasteiger partial charge in [-0.25, -0.2) is 0 Å². The minimum atomic E-state index is -4.71. The lowest BCUT2D eigenvalue weighted by Gasteiger charge is -2.19. The number of rotatable bonds is 7. The van der Waals surface area contributed by atoms with Crippen molar-refractivity contribution >= 4 is 56.1 Å². The standard InChI is InChI=1S/C15H15F3N2O4S3/c1-20(6-7-27(22,23)24-9-15(16,17)18)11-4-2-10(3-5-11)8-12-13(21)19-14(25)26-12/h2-5,8H,6-7,9H2,1H3,(H,19,21,25)/b12-8+. The van der Waals surface area contributed by atoms with Gasteiger partial charge in [0.25, 0.3) is 16.0 Å². The fourth-order valence-electron chi connectivity index (χ4n) is 1.99. The summed E-state index contributed by atoms with van der Waals surface area (Å²) in [5.74, 6) is -0.852. The minimum absolute atomic E-state index is 0.0485. The largest absolute Gasteiger partial charge is 0.413 e. The van der Waals surface area contributed by atoms with E-state index in [1.54, 1.807) is 42.3 Å². The van der Waals surface area contributed by atoms with Crippen LogP contribution in [0.4, 0.5) is 18.9 Å². The van der Waals surface area contributed by atoms with Crippen LogP contribution >= 0.6 is 24.0 Å². The monoisotopic (exact) mass is 440 g/mol. The van der Waals surface area contributed by atoms with Crippen molar-refractivity contribution in [2.45, 2.75) is 6.18 Å². The van der Waals surface area contributed by atoms with Gasteiger partial charge in [0, 0.05) is 19.3 Å². The number of alkyl halides is 3. The van der Waals surface area contributed by atoms with E-state index in [-0.39, 0.29) is 12.5 Å². The molecule has 0 atom stereocenters. The third-order valence-electron chi connectivity index (χ3n) is 3.35. The summed E-state index contributed by atoms with van der Waals surface area (Å²) >= 11 is 6.06. The van der Waals surface area contributed by atoms with E-state index in [0.717, 1.165) is 17.3 Å². The molecule has 2 rings (SSSR count). The molecule has 0 aromatic heterocycles. The highest BCUT2D eigenvalue weighted by Gasteiger charge is 2.31. The Kier molecular flexibility index (Phi) is 6.89. The van der Waals surface area contributed by atoms with Gasteiger partial charge in [0.1, 0.15) is 4.32 Å². The number of nitrogens with one attached hydrogen (secondary N) is 1. The number of hydrogen-bond donors (Lipinski definition) is 1. The summed E-state index contributed by atoms with van der Waals surface area (Å²) in [7, 11) is -2.68. The number of carbonyl (C=O) groups is 1. The van der Waals surface area contributed by atoms with E-state index >= 15 is 0 Å². The van der Waals surface area contributed by atoms with Crippen LogP contribution in [0.5, 0.6) is 0 Å². The molecule has 0 saturated carbocycles.